The Bertz CT molecular complexity index is 714. The van der Waals surface area contributed by atoms with Gasteiger partial charge >= 0.3 is 0 Å². The van der Waals surface area contributed by atoms with Crippen molar-refractivity contribution in [2.24, 2.45) is 12.0 Å². The average molecular weight is 341 g/mol. The van der Waals surface area contributed by atoms with Crippen LogP contribution in [0.3, 0.4) is 0 Å². The molecule has 0 bridgehead atoms. The molecule has 0 spiro atoms. The van der Waals surface area contributed by atoms with Gasteiger partial charge in [0.15, 0.2) is 5.96 Å². The van der Waals surface area contributed by atoms with E-state index in [4.69, 9.17) is 4.99 Å². The SMILES string of the molecule is CCNC(=NCc1ncnn1C)N1CCN(c2cccc(C)c2)CC1. The molecule has 0 saturated carbocycles. The Labute approximate surface area is 149 Å². The lowest BCUT2D eigenvalue weighted by Crippen LogP contribution is -2.52. The van der Waals surface area contributed by atoms with Gasteiger partial charge in [0.2, 0.25) is 0 Å². The molecule has 0 atom stereocenters. The van der Waals surface area contributed by atoms with Crippen molar-refractivity contribution in [1.29, 1.82) is 0 Å². The van der Waals surface area contributed by atoms with Gasteiger partial charge in [0.1, 0.15) is 18.7 Å². The molecule has 0 unspecified atom stereocenters. The second-order valence-corrected chi connectivity index (χ2v) is 6.28. The minimum absolute atomic E-state index is 0.539. The summed E-state index contributed by atoms with van der Waals surface area (Å²) in [4.78, 5) is 13.8. The molecule has 2 heterocycles. The molecule has 3 rings (SSSR count). The fraction of sp³-hybridized carbons (Fsp3) is 0.500. The number of aryl methyl sites for hydroxylation is 2. The summed E-state index contributed by atoms with van der Waals surface area (Å²) in [5.74, 6) is 1.82. The predicted molar refractivity (Wildman–Crippen MR) is 101 cm³/mol. The van der Waals surface area contributed by atoms with Crippen LogP contribution < -0.4 is 10.2 Å². The van der Waals surface area contributed by atoms with Gasteiger partial charge in [0.25, 0.3) is 0 Å². The molecule has 1 fully saturated rings. The van der Waals surface area contributed by atoms with Gasteiger partial charge < -0.3 is 15.1 Å². The highest BCUT2D eigenvalue weighted by Crippen LogP contribution is 2.17. The van der Waals surface area contributed by atoms with Crippen molar-refractivity contribution >= 4 is 11.6 Å². The number of aromatic nitrogens is 3. The zero-order chi connectivity index (χ0) is 17.6. The van der Waals surface area contributed by atoms with Gasteiger partial charge in [0, 0.05) is 45.5 Å². The molecule has 1 aliphatic heterocycles. The van der Waals surface area contributed by atoms with Crippen molar-refractivity contribution in [3.05, 3.63) is 42.0 Å². The molecule has 25 heavy (non-hydrogen) atoms. The zero-order valence-corrected chi connectivity index (χ0v) is 15.3. The van der Waals surface area contributed by atoms with Crippen LogP contribution >= 0.6 is 0 Å². The van der Waals surface area contributed by atoms with Gasteiger partial charge in [-0.3, -0.25) is 4.68 Å². The van der Waals surface area contributed by atoms with Crippen LogP contribution in [0.4, 0.5) is 5.69 Å². The summed E-state index contributed by atoms with van der Waals surface area (Å²) in [7, 11) is 1.89. The highest BCUT2D eigenvalue weighted by atomic mass is 15.4. The quantitative estimate of drug-likeness (QED) is 0.673. The van der Waals surface area contributed by atoms with Gasteiger partial charge in [0.05, 0.1) is 0 Å². The van der Waals surface area contributed by atoms with Crippen molar-refractivity contribution in [2.45, 2.75) is 20.4 Å². The van der Waals surface area contributed by atoms with Crippen molar-refractivity contribution in [3.63, 3.8) is 0 Å². The molecule has 2 aromatic rings. The fourth-order valence-electron chi connectivity index (χ4n) is 3.04. The number of hydrogen-bond acceptors (Lipinski definition) is 4. The predicted octanol–water partition coefficient (Wildman–Crippen LogP) is 1.41. The van der Waals surface area contributed by atoms with E-state index < -0.39 is 0 Å². The molecule has 1 N–H and O–H groups in total. The Morgan fingerprint density at radius 3 is 2.68 bits per heavy atom. The minimum atomic E-state index is 0.539. The molecule has 0 radical (unpaired) electrons. The van der Waals surface area contributed by atoms with Crippen LogP contribution in [0.2, 0.25) is 0 Å². The largest absolute Gasteiger partial charge is 0.368 e. The number of nitrogens with one attached hydrogen (secondary N) is 1. The highest BCUT2D eigenvalue weighted by molar-refractivity contribution is 5.80. The molecular formula is C18H27N7. The summed E-state index contributed by atoms with van der Waals surface area (Å²) in [5.41, 5.74) is 2.61. The maximum absolute atomic E-state index is 4.74. The third-order valence-corrected chi connectivity index (χ3v) is 4.46. The number of anilines is 1. The molecule has 134 valence electrons. The number of guanidine groups is 1. The Kier molecular flexibility index (Phi) is 5.53. The number of rotatable bonds is 4. The van der Waals surface area contributed by atoms with Crippen molar-refractivity contribution < 1.29 is 0 Å². The summed E-state index contributed by atoms with van der Waals surface area (Å²) < 4.78 is 1.77. The zero-order valence-electron chi connectivity index (χ0n) is 15.3. The third kappa shape index (κ3) is 4.29. The number of hydrogen-bond donors (Lipinski definition) is 1. The maximum atomic E-state index is 4.74. The Balaban J connectivity index is 1.63. The monoisotopic (exact) mass is 341 g/mol. The first-order valence-corrected chi connectivity index (χ1v) is 8.85. The Morgan fingerprint density at radius 1 is 1.24 bits per heavy atom. The first-order valence-electron chi connectivity index (χ1n) is 8.85. The second kappa shape index (κ2) is 8.00. The Hall–Kier alpha value is -2.57. The van der Waals surface area contributed by atoms with Crippen LogP contribution in [0.25, 0.3) is 0 Å². The van der Waals surface area contributed by atoms with E-state index in [2.05, 4.69) is 63.3 Å². The van der Waals surface area contributed by atoms with Crippen LogP contribution in [-0.2, 0) is 13.6 Å². The van der Waals surface area contributed by atoms with Crippen LogP contribution in [0.15, 0.2) is 35.6 Å². The van der Waals surface area contributed by atoms with E-state index in [1.165, 1.54) is 11.3 Å². The number of piperazine rings is 1. The lowest BCUT2D eigenvalue weighted by molar-refractivity contribution is 0.372. The molecule has 1 aliphatic rings. The summed E-state index contributed by atoms with van der Waals surface area (Å²) in [6.07, 6.45) is 1.57. The number of aliphatic imine (C=N–C) groups is 1. The first-order chi connectivity index (χ1) is 12.2. The van der Waals surface area contributed by atoms with Crippen LogP contribution in [0.5, 0.6) is 0 Å². The van der Waals surface area contributed by atoms with Crippen molar-refractivity contribution in [3.8, 4) is 0 Å². The first kappa shape index (κ1) is 17.3. The van der Waals surface area contributed by atoms with Crippen molar-refractivity contribution in [2.75, 3.05) is 37.6 Å². The molecule has 1 aromatic heterocycles. The summed E-state index contributed by atoms with van der Waals surface area (Å²) >= 11 is 0. The molecule has 7 heteroatoms. The van der Waals surface area contributed by atoms with Crippen LogP contribution in [0, 0.1) is 6.92 Å². The molecule has 0 amide bonds. The standard InChI is InChI=1S/C18H27N7/c1-4-19-18(20-13-17-21-14-22-23(17)3)25-10-8-24(9-11-25)16-7-5-6-15(2)12-16/h5-7,12,14H,4,8-11,13H2,1-3H3,(H,19,20). The van der Waals surface area contributed by atoms with Gasteiger partial charge in [-0.25, -0.2) is 9.98 Å². The summed E-state index contributed by atoms with van der Waals surface area (Å²) in [5, 5.41) is 7.50. The summed E-state index contributed by atoms with van der Waals surface area (Å²) in [6, 6.07) is 8.71. The van der Waals surface area contributed by atoms with Crippen LogP contribution in [0.1, 0.15) is 18.3 Å². The van der Waals surface area contributed by atoms with E-state index in [1.807, 2.05) is 7.05 Å². The second-order valence-electron chi connectivity index (χ2n) is 6.28. The van der Waals surface area contributed by atoms with Gasteiger partial charge in [-0.15, -0.1) is 0 Å². The topological polar surface area (TPSA) is 61.6 Å². The van der Waals surface area contributed by atoms with E-state index >= 15 is 0 Å². The lowest BCUT2D eigenvalue weighted by Gasteiger charge is -2.37. The number of benzene rings is 1. The van der Waals surface area contributed by atoms with E-state index in [-0.39, 0.29) is 0 Å². The molecule has 1 saturated heterocycles. The summed E-state index contributed by atoms with van der Waals surface area (Å²) in [6.45, 7) is 9.54. The molecule has 1 aromatic carbocycles. The van der Waals surface area contributed by atoms with E-state index in [0.717, 1.165) is 44.5 Å². The van der Waals surface area contributed by atoms with Crippen molar-refractivity contribution in [1.82, 2.24) is 25.0 Å². The molecule has 0 aliphatic carbocycles. The smallest absolute Gasteiger partial charge is 0.194 e. The third-order valence-electron chi connectivity index (χ3n) is 4.46. The average Bonchev–Trinajstić information content (AvgIpc) is 3.04. The van der Waals surface area contributed by atoms with Gasteiger partial charge in [-0.1, -0.05) is 12.1 Å². The minimum Gasteiger partial charge on any atom is -0.368 e. The normalized spacial score (nSPS) is 15.6. The Morgan fingerprint density at radius 2 is 2.04 bits per heavy atom. The molecule has 7 nitrogen and oxygen atoms in total. The van der Waals surface area contributed by atoms with Crippen LogP contribution in [-0.4, -0.2) is 58.3 Å². The fourth-order valence-corrected chi connectivity index (χ4v) is 3.04. The van der Waals surface area contributed by atoms with E-state index in [9.17, 15) is 0 Å². The van der Waals surface area contributed by atoms with Gasteiger partial charge in [-0.2, -0.15) is 5.10 Å². The van der Waals surface area contributed by atoms with E-state index in [1.54, 1.807) is 11.0 Å². The van der Waals surface area contributed by atoms with Gasteiger partial charge in [-0.05, 0) is 31.5 Å². The molecular weight excluding hydrogens is 314 g/mol. The lowest BCUT2D eigenvalue weighted by atomic mass is 10.2. The maximum Gasteiger partial charge on any atom is 0.194 e. The highest BCUT2D eigenvalue weighted by Gasteiger charge is 2.20. The van der Waals surface area contributed by atoms with E-state index in [0.29, 0.717) is 6.54 Å². The number of nitrogens with zero attached hydrogens (tertiary/aromatic N) is 6.